The van der Waals surface area contributed by atoms with E-state index < -0.39 is 53.1 Å². The van der Waals surface area contributed by atoms with Gasteiger partial charge in [-0.1, -0.05) is 0 Å². The topological polar surface area (TPSA) is 294 Å². The van der Waals surface area contributed by atoms with Gasteiger partial charge in [-0.05, 0) is 66.5 Å². The van der Waals surface area contributed by atoms with Crippen molar-refractivity contribution in [1.29, 1.82) is 0 Å². The first-order valence-electron chi connectivity index (χ1n) is 28.9. The molecule has 0 aromatic heterocycles. The molecule has 1 rings (SSSR count). The van der Waals surface area contributed by atoms with Crippen molar-refractivity contribution in [3.05, 3.63) is 17.7 Å². The summed E-state index contributed by atoms with van der Waals surface area (Å²) in [6.07, 6.45) is -1.82. The number of carbonyl (C=O) groups excluding carboxylic acids is 3. The Hall–Kier alpha value is -4.14. The van der Waals surface area contributed by atoms with Crippen LogP contribution in [0.2, 0.25) is 0 Å². The first-order valence-corrected chi connectivity index (χ1v) is 28.9. The fourth-order valence-electron chi connectivity index (χ4n) is 6.71. The maximum atomic E-state index is 13.2. The summed E-state index contributed by atoms with van der Waals surface area (Å²) in [5.41, 5.74) is -1.97. The average Bonchev–Trinajstić information content (AvgIpc) is 2.64. The summed E-state index contributed by atoms with van der Waals surface area (Å²) < 4.78 is 119. The molecule has 0 bridgehead atoms. The van der Waals surface area contributed by atoms with E-state index in [0.29, 0.717) is 106 Å². The first-order chi connectivity index (χ1) is 40.9. The fourth-order valence-corrected chi connectivity index (χ4v) is 6.71. The quantitative estimate of drug-likeness (QED) is 0.0535. The van der Waals surface area contributed by atoms with Crippen molar-refractivity contribution in [2.45, 2.75) is 84.2 Å². The third-order valence-corrected chi connectivity index (χ3v) is 10.7. The molecule has 0 heterocycles. The number of carboxylic acid groups (broad SMARTS) is 1. The van der Waals surface area contributed by atoms with Crippen LogP contribution in [0.15, 0.2) is 12.1 Å². The summed E-state index contributed by atoms with van der Waals surface area (Å²) in [7, 11) is 6.37. The molecule has 1 aromatic rings. The second kappa shape index (κ2) is 51.9. The largest absolute Gasteiger partial charge is 0.486 e. The van der Waals surface area contributed by atoms with E-state index in [1.165, 1.54) is 12.1 Å². The molecule has 0 aliphatic heterocycles. The smallest absolute Gasteiger partial charge is 0.335 e. The van der Waals surface area contributed by atoms with Crippen LogP contribution in [0.1, 0.15) is 71.2 Å². The van der Waals surface area contributed by atoms with Crippen molar-refractivity contribution < 1.29 is 124 Å². The highest BCUT2D eigenvalue weighted by Gasteiger charge is 2.35. The molecular formula is C58H103NO26. The third-order valence-electron chi connectivity index (χ3n) is 10.7. The van der Waals surface area contributed by atoms with Gasteiger partial charge in [-0.15, -0.1) is 0 Å². The van der Waals surface area contributed by atoms with Gasteiger partial charge in [0.15, 0.2) is 17.4 Å². The molecule has 496 valence electrons. The maximum absolute atomic E-state index is 13.2. The van der Waals surface area contributed by atoms with Crippen LogP contribution in [0, 0.1) is 5.92 Å². The summed E-state index contributed by atoms with van der Waals surface area (Å²) in [6, 6.07) is 2.61. The van der Waals surface area contributed by atoms with Crippen molar-refractivity contribution >= 4 is 23.8 Å². The molecule has 0 unspecified atom stereocenters. The molecule has 0 saturated carbocycles. The Bertz CT molecular complexity index is 1660. The average molecular weight is 1230 g/mol. The third kappa shape index (κ3) is 45.8. The molecule has 0 spiro atoms. The zero-order valence-electron chi connectivity index (χ0n) is 52.4. The predicted molar refractivity (Wildman–Crippen MR) is 307 cm³/mol. The lowest BCUT2D eigenvalue weighted by atomic mass is 10.0. The number of benzene rings is 1. The minimum atomic E-state index is -1.33. The van der Waals surface area contributed by atoms with Gasteiger partial charge in [-0.25, -0.2) is 4.79 Å². The van der Waals surface area contributed by atoms with Crippen molar-refractivity contribution in [1.82, 2.24) is 5.32 Å². The number of rotatable bonds is 59. The number of nitrogens with one attached hydrogen (secondary N) is 1. The van der Waals surface area contributed by atoms with Crippen LogP contribution in [-0.2, 0) is 99.6 Å². The highest BCUT2D eigenvalue weighted by molar-refractivity contribution is 5.95. The number of hydrogen-bond donors (Lipinski definition) is 2. The Kier molecular flexibility index (Phi) is 48.1. The van der Waals surface area contributed by atoms with Gasteiger partial charge < -0.3 is 110 Å². The number of amides is 1. The Morgan fingerprint density at radius 1 is 0.435 bits per heavy atom. The molecule has 27 nitrogen and oxygen atoms in total. The second-order valence-corrected chi connectivity index (χ2v) is 20.5. The van der Waals surface area contributed by atoms with Crippen LogP contribution < -0.4 is 19.5 Å². The van der Waals surface area contributed by atoms with E-state index in [-0.39, 0.29) is 135 Å². The molecule has 0 aliphatic carbocycles. The molecule has 1 aromatic carbocycles. The number of aromatic carboxylic acids is 1. The van der Waals surface area contributed by atoms with Crippen LogP contribution in [0.5, 0.6) is 17.2 Å². The number of carbonyl (C=O) groups is 4. The maximum Gasteiger partial charge on any atom is 0.335 e. The number of hydrogen-bond acceptors (Lipinski definition) is 25. The Balaban J connectivity index is 3.53. The fraction of sp³-hybridized carbons (Fsp3) is 0.828. The van der Waals surface area contributed by atoms with E-state index in [1.54, 1.807) is 70.0 Å². The molecule has 1 amide bonds. The number of esters is 2. The van der Waals surface area contributed by atoms with E-state index in [2.05, 4.69) is 5.32 Å². The second-order valence-electron chi connectivity index (χ2n) is 20.5. The first kappa shape index (κ1) is 78.9. The minimum Gasteiger partial charge on any atom is -0.486 e. The van der Waals surface area contributed by atoms with Gasteiger partial charge in [0.25, 0.3) is 0 Å². The molecule has 0 atom stereocenters. The van der Waals surface area contributed by atoms with Crippen molar-refractivity contribution in [3.8, 4) is 17.2 Å². The lowest BCUT2D eigenvalue weighted by molar-refractivity contribution is -0.174. The SMILES string of the molecule is COCCOCCOCCOCC(COCCOCCOCCOC)Oc1cc(C(=O)O)cc(OC(COCCOCCOCCOC)COCCOCCOCCOC)c1OCCCNC(=O)CCC(C(=O)OC(C)(C)C)C(=O)OC(C)(C)C. The monoisotopic (exact) mass is 1230 g/mol. The summed E-state index contributed by atoms with van der Waals surface area (Å²) >= 11 is 0. The molecule has 85 heavy (non-hydrogen) atoms. The van der Waals surface area contributed by atoms with Crippen LogP contribution in [-0.4, -0.2) is 279 Å². The lowest BCUT2D eigenvalue weighted by Gasteiger charge is -2.26. The number of carboxylic acids is 1. The van der Waals surface area contributed by atoms with E-state index in [1.807, 2.05) is 0 Å². The summed E-state index contributed by atoms with van der Waals surface area (Å²) in [4.78, 5) is 52.3. The van der Waals surface area contributed by atoms with Gasteiger partial charge in [0.1, 0.15) is 23.4 Å². The molecule has 27 heteroatoms. The van der Waals surface area contributed by atoms with Gasteiger partial charge >= 0.3 is 17.9 Å². The van der Waals surface area contributed by atoms with Gasteiger partial charge in [-0.3, -0.25) is 14.4 Å². The van der Waals surface area contributed by atoms with Gasteiger partial charge in [0.2, 0.25) is 11.7 Å². The van der Waals surface area contributed by atoms with Crippen LogP contribution in [0.4, 0.5) is 0 Å². The molecule has 0 aliphatic rings. The van der Waals surface area contributed by atoms with Crippen molar-refractivity contribution in [2.75, 3.05) is 227 Å². The summed E-state index contributed by atoms with van der Waals surface area (Å²) in [5.74, 6) is -4.69. The number of methoxy groups -OCH3 is 4. The minimum absolute atomic E-state index is 0.0196. The Morgan fingerprint density at radius 3 is 1.01 bits per heavy atom. The van der Waals surface area contributed by atoms with Gasteiger partial charge in [0, 0.05) is 41.4 Å². The standard InChI is InChI=1S/C58H103NO26/c1-57(2,3)84-55(63)49(56(64)85-58(4,5)6)12-13-52(60)59-14-11-15-81-53-50(82-47(42-77-36-32-73-28-24-69-20-16-65-7)43-78-37-33-74-29-25-70-21-17-66-8)40-46(54(61)62)41-51(53)83-48(44-79-38-34-75-30-26-71-22-18-67-9)45-80-39-35-76-31-27-72-23-19-68-10/h40-41,47-49H,11-39,42-45H2,1-10H3,(H,59,60)(H,61,62). The Morgan fingerprint density at radius 2 is 0.729 bits per heavy atom. The van der Waals surface area contributed by atoms with Crippen molar-refractivity contribution in [2.24, 2.45) is 5.92 Å². The van der Waals surface area contributed by atoms with Crippen molar-refractivity contribution in [3.63, 3.8) is 0 Å². The van der Waals surface area contributed by atoms with Gasteiger partial charge in [-0.2, -0.15) is 0 Å². The highest BCUT2D eigenvalue weighted by Crippen LogP contribution is 2.40. The van der Waals surface area contributed by atoms with Crippen LogP contribution in [0.25, 0.3) is 0 Å². The van der Waals surface area contributed by atoms with E-state index in [9.17, 15) is 24.3 Å². The molecule has 0 saturated heterocycles. The predicted octanol–water partition coefficient (Wildman–Crippen LogP) is 3.63. The zero-order valence-corrected chi connectivity index (χ0v) is 52.4. The van der Waals surface area contributed by atoms with E-state index >= 15 is 0 Å². The van der Waals surface area contributed by atoms with Crippen LogP contribution >= 0.6 is 0 Å². The van der Waals surface area contributed by atoms with Gasteiger partial charge in [0.05, 0.1) is 197 Å². The molecule has 0 radical (unpaired) electrons. The highest BCUT2D eigenvalue weighted by atomic mass is 16.6. The summed E-state index contributed by atoms with van der Waals surface area (Å²) in [6.45, 7) is 18.1. The number of ether oxygens (including phenoxy) is 21. The molecular weight excluding hydrogens is 1130 g/mol. The summed E-state index contributed by atoms with van der Waals surface area (Å²) in [5, 5.41) is 13.3. The molecule has 2 N–H and O–H groups in total. The van der Waals surface area contributed by atoms with Crippen LogP contribution in [0.3, 0.4) is 0 Å². The van der Waals surface area contributed by atoms with E-state index in [0.717, 1.165) is 0 Å². The van der Waals surface area contributed by atoms with E-state index in [4.69, 9.17) is 99.5 Å². The normalized spacial score (nSPS) is 11.9. The lowest BCUT2D eigenvalue weighted by Crippen LogP contribution is -2.37. The molecule has 0 fully saturated rings. The Labute approximate surface area is 503 Å². The zero-order chi connectivity index (χ0) is 62.7.